The van der Waals surface area contributed by atoms with E-state index in [1.165, 1.54) is 4.90 Å². The minimum atomic E-state index is -1.17. The van der Waals surface area contributed by atoms with Crippen molar-refractivity contribution >= 4 is 33.7 Å². The van der Waals surface area contributed by atoms with Gasteiger partial charge in [0.25, 0.3) is 0 Å². The number of aliphatic hydroxyl groups excluding tert-OH is 1. The maximum absolute atomic E-state index is 14.2. The van der Waals surface area contributed by atoms with Crippen LogP contribution in [0.1, 0.15) is 48.0 Å². The molecule has 3 aliphatic heterocycles. The fourth-order valence-electron chi connectivity index (χ4n) is 5.80. The molecule has 33 heavy (non-hydrogen) atoms. The van der Waals surface area contributed by atoms with E-state index in [4.69, 9.17) is 9.47 Å². The second-order valence-corrected chi connectivity index (χ2v) is 11.7. The van der Waals surface area contributed by atoms with Gasteiger partial charge in [0.1, 0.15) is 11.6 Å². The Hall–Kier alpha value is -1.45. The average molecular weight is 529 g/mol. The molecule has 186 valence electrons. The molecular formula is C24H37BrN2O6. The van der Waals surface area contributed by atoms with Gasteiger partial charge in [-0.3, -0.25) is 14.4 Å². The van der Waals surface area contributed by atoms with Crippen molar-refractivity contribution in [1.29, 1.82) is 0 Å². The number of nitrogens with zero attached hydrogens (tertiary/aromatic N) is 2. The molecule has 3 saturated heterocycles. The van der Waals surface area contributed by atoms with E-state index in [9.17, 15) is 19.5 Å². The molecular weight excluding hydrogens is 492 g/mol. The van der Waals surface area contributed by atoms with Crippen LogP contribution in [0, 0.1) is 17.8 Å². The van der Waals surface area contributed by atoms with E-state index in [0.717, 1.165) is 0 Å². The molecule has 3 rings (SSSR count). The number of ether oxygens (including phenoxy) is 2. The molecule has 0 aliphatic carbocycles. The molecule has 0 radical (unpaired) electrons. The zero-order valence-electron chi connectivity index (χ0n) is 20.4. The topological polar surface area (TPSA) is 96.4 Å². The van der Waals surface area contributed by atoms with Crippen LogP contribution < -0.4 is 0 Å². The van der Waals surface area contributed by atoms with Gasteiger partial charge in [-0.05, 0) is 40.0 Å². The molecule has 0 aromatic carbocycles. The SMILES string of the molecule is C=CCN(C(=O)C1N([C@@H](CO)C(C)C)C(=O)[C@@H]2[C@H](C(=O)OCC)[C@H]3OC12CC3Br)C(C)(C)C. The third kappa shape index (κ3) is 4.04. The first kappa shape index (κ1) is 26.2. The lowest BCUT2D eigenvalue weighted by Gasteiger charge is -2.44. The van der Waals surface area contributed by atoms with Crippen molar-refractivity contribution in [2.75, 3.05) is 19.8 Å². The van der Waals surface area contributed by atoms with Gasteiger partial charge in [0.15, 0.2) is 0 Å². The van der Waals surface area contributed by atoms with Crippen LogP contribution in [-0.4, -0.2) is 86.6 Å². The lowest BCUT2D eigenvalue weighted by molar-refractivity contribution is -0.158. The summed E-state index contributed by atoms with van der Waals surface area (Å²) in [5.41, 5.74) is -1.70. The number of hydrogen-bond donors (Lipinski definition) is 1. The predicted octanol–water partition coefficient (Wildman–Crippen LogP) is 2.13. The van der Waals surface area contributed by atoms with Gasteiger partial charge in [-0.1, -0.05) is 35.9 Å². The first-order valence-electron chi connectivity index (χ1n) is 11.7. The molecule has 1 spiro atoms. The Bertz CT molecular complexity index is 811. The normalized spacial score (nSPS) is 33.9. The third-order valence-corrected chi connectivity index (χ3v) is 8.07. The van der Waals surface area contributed by atoms with E-state index < -0.39 is 47.1 Å². The van der Waals surface area contributed by atoms with Crippen LogP contribution in [0.3, 0.4) is 0 Å². The van der Waals surface area contributed by atoms with E-state index in [1.54, 1.807) is 17.9 Å². The molecule has 3 aliphatic rings. The van der Waals surface area contributed by atoms with Gasteiger partial charge in [-0.2, -0.15) is 0 Å². The van der Waals surface area contributed by atoms with Gasteiger partial charge in [0, 0.05) is 16.9 Å². The molecule has 9 heteroatoms. The third-order valence-electron chi connectivity index (χ3n) is 7.22. The molecule has 2 amide bonds. The summed E-state index contributed by atoms with van der Waals surface area (Å²) in [5, 5.41) is 10.2. The number of carbonyl (C=O) groups is 3. The number of esters is 1. The molecule has 0 aromatic rings. The van der Waals surface area contributed by atoms with Crippen LogP contribution in [0.5, 0.6) is 0 Å². The Kier molecular flexibility index (Phi) is 7.37. The molecule has 7 atom stereocenters. The Balaban J connectivity index is 2.18. The number of aliphatic hydroxyl groups is 1. The van der Waals surface area contributed by atoms with E-state index in [2.05, 4.69) is 22.5 Å². The largest absolute Gasteiger partial charge is 0.466 e. The summed E-state index contributed by atoms with van der Waals surface area (Å²) < 4.78 is 11.8. The average Bonchev–Trinajstić information content (AvgIpc) is 3.29. The molecule has 1 N–H and O–H groups in total. The summed E-state index contributed by atoms with van der Waals surface area (Å²) >= 11 is 3.64. The molecule has 3 heterocycles. The number of fused-ring (bicyclic) bond motifs is 1. The Morgan fingerprint density at radius 1 is 1.42 bits per heavy atom. The molecule has 3 unspecified atom stereocenters. The standard InChI is InChI=1S/C24H37BrN2O6/c1-8-10-26(23(5,6)7)21(30)19-24-11-14(25)18(33-24)16(22(31)32-9-2)17(24)20(29)27(19)15(12-28)13(3)4/h8,13-19,28H,1,9-12H2,2-7H3/t14?,15-,16-,17-,18-,19?,24?/m0/s1. The van der Waals surface area contributed by atoms with Crippen LogP contribution in [0.4, 0.5) is 0 Å². The lowest BCUT2D eigenvalue weighted by Crippen LogP contribution is -2.62. The molecule has 0 saturated carbocycles. The Labute approximate surface area is 204 Å². The highest BCUT2D eigenvalue weighted by molar-refractivity contribution is 9.09. The summed E-state index contributed by atoms with van der Waals surface area (Å²) in [5.74, 6) is -2.81. The summed E-state index contributed by atoms with van der Waals surface area (Å²) in [6, 6.07) is -1.55. The van der Waals surface area contributed by atoms with Gasteiger partial charge in [-0.15, -0.1) is 6.58 Å². The minimum absolute atomic E-state index is 0.107. The second kappa shape index (κ2) is 9.30. The maximum Gasteiger partial charge on any atom is 0.312 e. The number of carbonyl (C=O) groups excluding carboxylic acids is 3. The van der Waals surface area contributed by atoms with Crippen LogP contribution >= 0.6 is 15.9 Å². The van der Waals surface area contributed by atoms with E-state index >= 15 is 0 Å². The van der Waals surface area contributed by atoms with Crippen molar-refractivity contribution in [3.05, 3.63) is 12.7 Å². The van der Waals surface area contributed by atoms with Crippen molar-refractivity contribution in [2.45, 2.75) is 82.1 Å². The van der Waals surface area contributed by atoms with Gasteiger partial charge < -0.3 is 24.4 Å². The zero-order chi connectivity index (χ0) is 24.9. The predicted molar refractivity (Wildman–Crippen MR) is 127 cm³/mol. The van der Waals surface area contributed by atoms with E-state index in [0.29, 0.717) is 13.0 Å². The molecule has 8 nitrogen and oxygen atoms in total. The fraction of sp³-hybridized carbons (Fsp3) is 0.792. The van der Waals surface area contributed by atoms with Crippen molar-refractivity contribution in [3.63, 3.8) is 0 Å². The Morgan fingerprint density at radius 3 is 2.55 bits per heavy atom. The number of rotatable bonds is 8. The highest BCUT2D eigenvalue weighted by atomic mass is 79.9. The summed E-state index contributed by atoms with van der Waals surface area (Å²) in [6.45, 7) is 15.3. The number of amides is 2. The zero-order valence-corrected chi connectivity index (χ0v) is 22.0. The highest BCUT2D eigenvalue weighted by Gasteiger charge is 2.77. The molecule has 2 bridgehead atoms. The minimum Gasteiger partial charge on any atom is -0.466 e. The monoisotopic (exact) mass is 528 g/mol. The van der Waals surface area contributed by atoms with Gasteiger partial charge in [-0.25, -0.2) is 0 Å². The number of alkyl halides is 1. The van der Waals surface area contributed by atoms with E-state index in [-0.39, 0.29) is 35.8 Å². The second-order valence-electron chi connectivity index (χ2n) is 10.6. The fourth-order valence-corrected chi connectivity index (χ4v) is 6.75. The number of hydrogen-bond acceptors (Lipinski definition) is 6. The van der Waals surface area contributed by atoms with Gasteiger partial charge in [0.2, 0.25) is 11.8 Å². The summed E-state index contributed by atoms with van der Waals surface area (Å²) in [7, 11) is 0. The van der Waals surface area contributed by atoms with Gasteiger partial charge >= 0.3 is 5.97 Å². The quantitative estimate of drug-likeness (QED) is 0.294. The van der Waals surface area contributed by atoms with Crippen LogP contribution in [-0.2, 0) is 23.9 Å². The maximum atomic E-state index is 14.2. The van der Waals surface area contributed by atoms with Crippen molar-refractivity contribution < 1.29 is 29.0 Å². The summed E-state index contributed by atoms with van der Waals surface area (Å²) in [6.07, 6.45) is 1.52. The van der Waals surface area contributed by atoms with E-state index in [1.807, 2.05) is 34.6 Å². The highest BCUT2D eigenvalue weighted by Crippen LogP contribution is 2.61. The molecule has 3 fully saturated rings. The van der Waals surface area contributed by atoms with Crippen molar-refractivity contribution in [1.82, 2.24) is 9.80 Å². The lowest BCUT2D eigenvalue weighted by atomic mass is 9.70. The van der Waals surface area contributed by atoms with Crippen LogP contribution in [0.25, 0.3) is 0 Å². The molecule has 0 aromatic heterocycles. The first-order chi connectivity index (χ1) is 15.4. The van der Waals surface area contributed by atoms with Crippen LogP contribution in [0.2, 0.25) is 0 Å². The van der Waals surface area contributed by atoms with Crippen molar-refractivity contribution in [2.24, 2.45) is 17.8 Å². The first-order valence-corrected chi connectivity index (χ1v) is 12.6. The van der Waals surface area contributed by atoms with Crippen LogP contribution in [0.15, 0.2) is 12.7 Å². The summed E-state index contributed by atoms with van der Waals surface area (Å²) in [4.78, 5) is 44.1. The van der Waals surface area contributed by atoms with Gasteiger partial charge in [0.05, 0.1) is 37.2 Å². The number of halogens is 1. The Morgan fingerprint density at radius 2 is 2.06 bits per heavy atom. The number of likely N-dealkylation sites (tertiary alicyclic amines) is 1. The van der Waals surface area contributed by atoms with Crippen molar-refractivity contribution in [3.8, 4) is 0 Å². The smallest absolute Gasteiger partial charge is 0.312 e.